The Morgan fingerprint density at radius 3 is 2.81 bits per heavy atom. The molecule has 7 nitrogen and oxygen atoms in total. The molecule has 0 spiro atoms. The lowest BCUT2D eigenvalue weighted by atomic mass is 10.2. The molecule has 134 valence electrons. The van der Waals surface area contributed by atoms with Gasteiger partial charge >= 0.3 is 5.97 Å². The fourth-order valence-corrected chi connectivity index (χ4v) is 2.67. The highest BCUT2D eigenvalue weighted by molar-refractivity contribution is 5.74. The molecule has 1 N–H and O–H groups in total. The second-order valence-electron chi connectivity index (χ2n) is 5.92. The van der Waals surface area contributed by atoms with Crippen molar-refractivity contribution < 1.29 is 14.6 Å². The number of fused-ring (bicyclic) bond motifs is 1. The summed E-state index contributed by atoms with van der Waals surface area (Å²) in [4.78, 5) is 16.4. The number of hydrogen-bond acceptors (Lipinski definition) is 6. The van der Waals surface area contributed by atoms with Crippen molar-refractivity contribution >= 4 is 23.1 Å². The first kappa shape index (κ1) is 17.6. The molecular weight excluding hydrogens is 332 g/mol. The van der Waals surface area contributed by atoms with Gasteiger partial charge in [-0.05, 0) is 50.6 Å². The average Bonchev–Trinajstić information content (AvgIpc) is 2.94. The summed E-state index contributed by atoms with van der Waals surface area (Å²) in [6.07, 6.45) is 0.00309. The van der Waals surface area contributed by atoms with Gasteiger partial charge in [0.2, 0.25) is 0 Å². The number of carbonyl (C=O) groups excluding carboxylic acids is 1. The summed E-state index contributed by atoms with van der Waals surface area (Å²) >= 11 is 0. The van der Waals surface area contributed by atoms with E-state index >= 15 is 0 Å². The summed E-state index contributed by atoms with van der Waals surface area (Å²) < 4.78 is 6.85. The van der Waals surface area contributed by atoms with E-state index in [0.29, 0.717) is 29.5 Å². The Bertz CT molecular complexity index is 992. The third kappa shape index (κ3) is 3.56. The SMILES string of the molecule is CCOC(=O)Cc1nc2cccc(C)n2c1N=Nc1cc(C)ccc1O. The summed E-state index contributed by atoms with van der Waals surface area (Å²) in [6.45, 7) is 5.89. The lowest BCUT2D eigenvalue weighted by Crippen LogP contribution is -2.07. The zero-order valence-corrected chi connectivity index (χ0v) is 14.9. The number of benzene rings is 1. The van der Waals surface area contributed by atoms with Gasteiger partial charge < -0.3 is 9.84 Å². The van der Waals surface area contributed by atoms with Gasteiger partial charge in [0, 0.05) is 5.69 Å². The second kappa shape index (κ2) is 7.35. The highest BCUT2D eigenvalue weighted by atomic mass is 16.5. The largest absolute Gasteiger partial charge is 0.506 e. The highest BCUT2D eigenvalue weighted by Gasteiger charge is 2.17. The maximum Gasteiger partial charge on any atom is 0.312 e. The average molecular weight is 352 g/mol. The predicted octanol–water partition coefficient (Wildman–Crippen LogP) is 4.18. The number of aromatic nitrogens is 2. The fourth-order valence-electron chi connectivity index (χ4n) is 2.67. The number of ether oxygens (including phenoxy) is 1. The van der Waals surface area contributed by atoms with Gasteiger partial charge in [-0.1, -0.05) is 12.1 Å². The Hall–Kier alpha value is -3.22. The van der Waals surface area contributed by atoms with E-state index in [1.807, 2.05) is 36.4 Å². The zero-order valence-electron chi connectivity index (χ0n) is 14.9. The van der Waals surface area contributed by atoms with E-state index in [-0.39, 0.29) is 18.1 Å². The van der Waals surface area contributed by atoms with E-state index < -0.39 is 0 Å². The number of aromatic hydroxyl groups is 1. The molecule has 0 unspecified atom stereocenters. The molecule has 0 saturated heterocycles. The number of aryl methyl sites for hydroxylation is 2. The molecule has 26 heavy (non-hydrogen) atoms. The Labute approximate surface area is 151 Å². The summed E-state index contributed by atoms with van der Waals surface area (Å²) in [5.74, 6) is 0.118. The molecule has 2 heterocycles. The first-order chi connectivity index (χ1) is 12.5. The van der Waals surface area contributed by atoms with Crippen LogP contribution >= 0.6 is 0 Å². The summed E-state index contributed by atoms with van der Waals surface area (Å²) in [5.41, 5.74) is 3.38. The minimum absolute atomic E-state index is 0.00309. The summed E-state index contributed by atoms with van der Waals surface area (Å²) in [7, 11) is 0. The van der Waals surface area contributed by atoms with Crippen LogP contribution in [0, 0.1) is 13.8 Å². The van der Waals surface area contributed by atoms with Gasteiger partial charge in [-0.3, -0.25) is 9.20 Å². The molecule has 0 aliphatic carbocycles. The van der Waals surface area contributed by atoms with Crippen molar-refractivity contribution in [2.45, 2.75) is 27.2 Å². The minimum Gasteiger partial charge on any atom is -0.506 e. The lowest BCUT2D eigenvalue weighted by molar-refractivity contribution is -0.142. The third-order valence-corrected chi connectivity index (χ3v) is 3.88. The van der Waals surface area contributed by atoms with Crippen molar-refractivity contribution in [3.63, 3.8) is 0 Å². The Morgan fingerprint density at radius 1 is 1.23 bits per heavy atom. The molecule has 3 rings (SSSR count). The van der Waals surface area contributed by atoms with Crippen LogP contribution in [-0.4, -0.2) is 27.1 Å². The maximum absolute atomic E-state index is 11.9. The molecule has 0 saturated carbocycles. The standard InChI is InChI=1S/C19H20N4O3/c1-4-26-18(25)11-15-19(23-13(3)6-5-7-17(23)20-15)22-21-14-10-12(2)8-9-16(14)24/h5-10,24H,4,11H2,1-3H3. The van der Waals surface area contributed by atoms with Gasteiger partial charge in [-0.15, -0.1) is 10.2 Å². The van der Waals surface area contributed by atoms with Gasteiger partial charge in [0.1, 0.15) is 17.1 Å². The minimum atomic E-state index is -0.372. The van der Waals surface area contributed by atoms with Crippen molar-refractivity contribution in [1.29, 1.82) is 0 Å². The first-order valence-corrected chi connectivity index (χ1v) is 8.33. The van der Waals surface area contributed by atoms with Crippen molar-refractivity contribution in [2.75, 3.05) is 6.61 Å². The number of imidazole rings is 1. The van der Waals surface area contributed by atoms with Crippen LogP contribution in [0.2, 0.25) is 0 Å². The Kier molecular flexibility index (Phi) is 4.97. The quantitative estimate of drug-likeness (QED) is 0.551. The van der Waals surface area contributed by atoms with Crippen LogP contribution in [0.4, 0.5) is 11.5 Å². The molecule has 0 fully saturated rings. The van der Waals surface area contributed by atoms with E-state index in [0.717, 1.165) is 11.3 Å². The van der Waals surface area contributed by atoms with Gasteiger partial charge in [-0.2, -0.15) is 0 Å². The fraction of sp³-hybridized carbons (Fsp3) is 0.263. The third-order valence-electron chi connectivity index (χ3n) is 3.88. The number of pyridine rings is 1. The summed E-state index contributed by atoms with van der Waals surface area (Å²) in [6, 6.07) is 10.7. The molecular formula is C19H20N4O3. The molecule has 0 aliphatic rings. The number of phenolic OH excluding ortho intramolecular Hbond substituents is 1. The lowest BCUT2D eigenvalue weighted by Gasteiger charge is -2.03. The van der Waals surface area contributed by atoms with Crippen molar-refractivity contribution in [3.05, 3.63) is 53.3 Å². The molecule has 0 amide bonds. The Morgan fingerprint density at radius 2 is 2.04 bits per heavy atom. The van der Waals surface area contributed by atoms with E-state index in [2.05, 4.69) is 15.2 Å². The number of hydrogen-bond donors (Lipinski definition) is 1. The molecule has 0 bridgehead atoms. The second-order valence-corrected chi connectivity index (χ2v) is 5.92. The van der Waals surface area contributed by atoms with Crippen LogP contribution in [0.15, 0.2) is 46.6 Å². The maximum atomic E-state index is 11.9. The Balaban J connectivity index is 2.08. The van der Waals surface area contributed by atoms with Gasteiger partial charge in [0.15, 0.2) is 5.82 Å². The number of nitrogens with zero attached hydrogens (tertiary/aromatic N) is 4. The zero-order chi connectivity index (χ0) is 18.7. The number of rotatable bonds is 5. The van der Waals surface area contributed by atoms with Crippen LogP contribution in [0.1, 0.15) is 23.9 Å². The normalized spacial score (nSPS) is 11.3. The van der Waals surface area contributed by atoms with E-state index in [1.165, 1.54) is 0 Å². The van der Waals surface area contributed by atoms with Crippen molar-refractivity contribution in [3.8, 4) is 5.75 Å². The molecule has 0 radical (unpaired) electrons. The first-order valence-electron chi connectivity index (χ1n) is 8.33. The van der Waals surface area contributed by atoms with Crippen LogP contribution < -0.4 is 0 Å². The van der Waals surface area contributed by atoms with E-state index in [4.69, 9.17) is 4.74 Å². The molecule has 7 heteroatoms. The van der Waals surface area contributed by atoms with E-state index in [9.17, 15) is 9.90 Å². The van der Waals surface area contributed by atoms with Crippen molar-refractivity contribution in [1.82, 2.24) is 9.38 Å². The van der Waals surface area contributed by atoms with Gasteiger partial charge in [-0.25, -0.2) is 4.98 Å². The number of azo groups is 1. The van der Waals surface area contributed by atoms with Crippen LogP contribution in [-0.2, 0) is 16.0 Å². The highest BCUT2D eigenvalue weighted by Crippen LogP contribution is 2.31. The van der Waals surface area contributed by atoms with Crippen molar-refractivity contribution in [2.24, 2.45) is 10.2 Å². The molecule has 3 aromatic rings. The van der Waals surface area contributed by atoms with Crippen LogP contribution in [0.25, 0.3) is 5.65 Å². The molecule has 2 aromatic heterocycles. The number of phenols is 1. The van der Waals surface area contributed by atoms with Gasteiger partial charge in [0.25, 0.3) is 0 Å². The topological polar surface area (TPSA) is 88.5 Å². The number of carbonyl (C=O) groups is 1. The molecule has 0 atom stereocenters. The molecule has 0 aliphatic heterocycles. The van der Waals surface area contributed by atoms with Gasteiger partial charge in [0.05, 0.1) is 18.7 Å². The van der Waals surface area contributed by atoms with E-state index in [1.54, 1.807) is 25.1 Å². The smallest absolute Gasteiger partial charge is 0.312 e. The number of esters is 1. The molecule has 1 aromatic carbocycles. The predicted molar refractivity (Wildman–Crippen MR) is 97.3 cm³/mol. The monoisotopic (exact) mass is 352 g/mol. The van der Waals surface area contributed by atoms with Crippen LogP contribution in [0.3, 0.4) is 0 Å². The van der Waals surface area contributed by atoms with Crippen LogP contribution in [0.5, 0.6) is 5.75 Å². The summed E-state index contributed by atoms with van der Waals surface area (Å²) in [5, 5.41) is 18.4.